The van der Waals surface area contributed by atoms with Gasteiger partial charge in [-0.05, 0) is 38.3 Å². The minimum absolute atomic E-state index is 0.987. The van der Waals surface area contributed by atoms with E-state index < -0.39 is 0 Å². The van der Waals surface area contributed by atoms with Crippen molar-refractivity contribution in [2.75, 3.05) is 0 Å². The summed E-state index contributed by atoms with van der Waals surface area (Å²) in [4.78, 5) is 0. The standard InChI is InChI=1S/C16H20/c1-5-15(9-6-13(2)3)12-16-10-7-14(4)8-11-16/h5-11H,2,12H2,1,3-4H3/b9-6-,15-5?. The van der Waals surface area contributed by atoms with Crippen LogP contribution in [-0.4, -0.2) is 0 Å². The molecule has 0 aliphatic rings. The molecule has 0 N–H and O–H groups in total. The third-order valence-electron chi connectivity index (χ3n) is 2.48. The van der Waals surface area contributed by atoms with Crippen molar-refractivity contribution in [1.29, 1.82) is 0 Å². The second kappa shape index (κ2) is 6.12. The summed E-state index contributed by atoms with van der Waals surface area (Å²) in [7, 11) is 0. The molecule has 1 aromatic carbocycles. The first-order valence-corrected chi connectivity index (χ1v) is 5.66. The van der Waals surface area contributed by atoms with Crippen LogP contribution in [0.3, 0.4) is 0 Å². The summed E-state index contributed by atoms with van der Waals surface area (Å²) in [6.07, 6.45) is 7.34. The SMILES string of the molecule is C=C(C)/C=C\C(=CC)Cc1ccc(C)cc1. The van der Waals surface area contributed by atoms with Crippen LogP contribution in [0.2, 0.25) is 0 Å². The molecule has 1 aromatic rings. The van der Waals surface area contributed by atoms with E-state index in [1.165, 1.54) is 16.7 Å². The molecule has 0 heterocycles. The second-order valence-electron chi connectivity index (χ2n) is 4.21. The molecule has 0 nitrogen and oxygen atoms in total. The molecule has 0 amide bonds. The third kappa shape index (κ3) is 4.31. The molecule has 0 aromatic heterocycles. The molecule has 0 radical (unpaired) electrons. The maximum atomic E-state index is 3.87. The monoisotopic (exact) mass is 212 g/mol. The lowest BCUT2D eigenvalue weighted by atomic mass is 10.0. The number of benzene rings is 1. The van der Waals surface area contributed by atoms with Crippen molar-refractivity contribution in [3.05, 3.63) is 71.3 Å². The van der Waals surface area contributed by atoms with Crippen molar-refractivity contribution < 1.29 is 0 Å². The highest BCUT2D eigenvalue weighted by Crippen LogP contribution is 2.11. The van der Waals surface area contributed by atoms with Crippen molar-refractivity contribution in [1.82, 2.24) is 0 Å². The first-order chi connectivity index (χ1) is 7.61. The number of aryl methyl sites for hydroxylation is 1. The summed E-state index contributed by atoms with van der Waals surface area (Å²) >= 11 is 0. The molecule has 0 atom stereocenters. The van der Waals surface area contributed by atoms with Crippen LogP contribution in [0.4, 0.5) is 0 Å². The Morgan fingerprint density at radius 2 is 1.81 bits per heavy atom. The molecular weight excluding hydrogens is 192 g/mol. The molecule has 0 unspecified atom stereocenters. The van der Waals surface area contributed by atoms with E-state index in [9.17, 15) is 0 Å². The van der Waals surface area contributed by atoms with Gasteiger partial charge < -0.3 is 0 Å². The zero-order chi connectivity index (χ0) is 12.0. The number of hydrogen-bond acceptors (Lipinski definition) is 0. The Labute approximate surface area is 99.0 Å². The third-order valence-corrected chi connectivity index (χ3v) is 2.48. The second-order valence-corrected chi connectivity index (χ2v) is 4.21. The van der Waals surface area contributed by atoms with E-state index in [1.807, 2.05) is 6.92 Å². The number of rotatable bonds is 4. The molecule has 1 rings (SSSR count). The van der Waals surface area contributed by atoms with E-state index in [4.69, 9.17) is 0 Å². The Morgan fingerprint density at radius 3 is 2.31 bits per heavy atom. The van der Waals surface area contributed by atoms with Crippen LogP contribution >= 0.6 is 0 Å². The predicted octanol–water partition coefficient (Wildman–Crippen LogP) is 4.62. The summed E-state index contributed by atoms with van der Waals surface area (Å²) in [5.74, 6) is 0. The zero-order valence-electron chi connectivity index (χ0n) is 10.5. The van der Waals surface area contributed by atoms with Crippen molar-refractivity contribution in [2.24, 2.45) is 0 Å². The van der Waals surface area contributed by atoms with Crippen LogP contribution in [0.5, 0.6) is 0 Å². The fraction of sp³-hybridized carbons (Fsp3) is 0.250. The van der Waals surface area contributed by atoms with Gasteiger partial charge in [0, 0.05) is 0 Å². The predicted molar refractivity (Wildman–Crippen MR) is 72.6 cm³/mol. The first kappa shape index (κ1) is 12.5. The van der Waals surface area contributed by atoms with Gasteiger partial charge in [-0.1, -0.05) is 60.2 Å². The molecule has 0 aliphatic carbocycles. The Morgan fingerprint density at radius 1 is 1.19 bits per heavy atom. The average molecular weight is 212 g/mol. The summed E-state index contributed by atoms with van der Waals surface area (Å²) in [5, 5.41) is 0. The maximum absolute atomic E-state index is 3.87. The molecule has 0 aliphatic heterocycles. The van der Waals surface area contributed by atoms with Gasteiger partial charge in [0.15, 0.2) is 0 Å². The van der Waals surface area contributed by atoms with Crippen LogP contribution in [0.1, 0.15) is 25.0 Å². The van der Waals surface area contributed by atoms with Gasteiger partial charge in [-0.25, -0.2) is 0 Å². The Bertz CT molecular complexity index is 402. The molecule has 0 spiro atoms. The quantitative estimate of drug-likeness (QED) is 0.639. The summed E-state index contributed by atoms with van der Waals surface area (Å²) in [6.45, 7) is 10.1. The number of allylic oxidation sites excluding steroid dienone is 5. The summed E-state index contributed by atoms with van der Waals surface area (Å²) in [6, 6.07) is 8.69. The van der Waals surface area contributed by atoms with Crippen molar-refractivity contribution in [2.45, 2.75) is 27.2 Å². The summed E-state index contributed by atoms with van der Waals surface area (Å²) in [5.41, 5.74) is 5.07. The normalized spacial score (nSPS) is 12.1. The molecule has 0 saturated heterocycles. The van der Waals surface area contributed by atoms with Crippen molar-refractivity contribution in [3.8, 4) is 0 Å². The molecule has 0 saturated carbocycles. The van der Waals surface area contributed by atoms with Crippen molar-refractivity contribution in [3.63, 3.8) is 0 Å². The fourth-order valence-electron chi connectivity index (χ4n) is 1.45. The van der Waals surface area contributed by atoms with Crippen LogP contribution < -0.4 is 0 Å². The van der Waals surface area contributed by atoms with Gasteiger partial charge in [-0.15, -0.1) is 0 Å². The van der Waals surface area contributed by atoms with Gasteiger partial charge in [0.05, 0.1) is 0 Å². The van der Waals surface area contributed by atoms with Crippen LogP contribution in [0.25, 0.3) is 0 Å². The first-order valence-electron chi connectivity index (χ1n) is 5.66. The number of hydrogen-bond donors (Lipinski definition) is 0. The van der Waals surface area contributed by atoms with Gasteiger partial charge in [0.25, 0.3) is 0 Å². The minimum Gasteiger partial charge on any atom is -0.0961 e. The van der Waals surface area contributed by atoms with Crippen molar-refractivity contribution >= 4 is 0 Å². The summed E-state index contributed by atoms with van der Waals surface area (Å²) < 4.78 is 0. The fourth-order valence-corrected chi connectivity index (χ4v) is 1.45. The molecule has 0 bridgehead atoms. The van der Waals surface area contributed by atoms with E-state index in [0.717, 1.165) is 12.0 Å². The van der Waals surface area contributed by atoms with Gasteiger partial charge in [-0.3, -0.25) is 0 Å². The van der Waals surface area contributed by atoms with Gasteiger partial charge in [0.1, 0.15) is 0 Å². The van der Waals surface area contributed by atoms with Crippen LogP contribution in [0.15, 0.2) is 60.2 Å². The zero-order valence-corrected chi connectivity index (χ0v) is 10.5. The smallest absolute Gasteiger partial charge is 0.00290 e. The average Bonchev–Trinajstić information content (AvgIpc) is 2.26. The molecule has 84 valence electrons. The van der Waals surface area contributed by atoms with E-state index in [0.29, 0.717) is 0 Å². The van der Waals surface area contributed by atoms with Gasteiger partial charge in [-0.2, -0.15) is 0 Å². The van der Waals surface area contributed by atoms with Gasteiger partial charge in [0.2, 0.25) is 0 Å². The highest BCUT2D eigenvalue weighted by Gasteiger charge is 1.95. The van der Waals surface area contributed by atoms with E-state index in [-0.39, 0.29) is 0 Å². The lowest BCUT2D eigenvalue weighted by molar-refractivity contribution is 1.18. The Kier molecular flexibility index (Phi) is 4.78. The Hall–Kier alpha value is -1.56. The lowest BCUT2D eigenvalue weighted by Gasteiger charge is -2.03. The van der Waals surface area contributed by atoms with Crippen LogP contribution in [0, 0.1) is 6.92 Å². The van der Waals surface area contributed by atoms with E-state index in [2.05, 4.69) is 62.9 Å². The lowest BCUT2D eigenvalue weighted by Crippen LogP contribution is -1.88. The largest absolute Gasteiger partial charge is 0.0961 e. The maximum Gasteiger partial charge on any atom is -0.00290 e. The minimum atomic E-state index is 0.987. The Balaban J connectivity index is 2.71. The topological polar surface area (TPSA) is 0 Å². The molecule has 0 heteroatoms. The molecule has 0 fully saturated rings. The van der Waals surface area contributed by atoms with Crippen LogP contribution in [-0.2, 0) is 6.42 Å². The van der Waals surface area contributed by atoms with Gasteiger partial charge >= 0.3 is 0 Å². The highest BCUT2D eigenvalue weighted by molar-refractivity contribution is 5.32. The molecule has 16 heavy (non-hydrogen) atoms. The highest BCUT2D eigenvalue weighted by atomic mass is 14.0. The van der Waals surface area contributed by atoms with E-state index in [1.54, 1.807) is 0 Å². The molecular formula is C16H20. The van der Waals surface area contributed by atoms with E-state index >= 15 is 0 Å².